The number of carbonyl (C=O) groups is 1. The van der Waals surface area contributed by atoms with E-state index < -0.39 is 5.54 Å². The number of nitrogens with one attached hydrogen (secondary N) is 1. The summed E-state index contributed by atoms with van der Waals surface area (Å²) in [5.41, 5.74) is 6.47. The van der Waals surface area contributed by atoms with Crippen molar-refractivity contribution in [1.82, 2.24) is 0 Å². The Bertz CT molecular complexity index is 445. The van der Waals surface area contributed by atoms with Crippen LogP contribution in [0.2, 0.25) is 5.02 Å². The first kappa shape index (κ1) is 13.4. The first-order valence-electron chi connectivity index (χ1n) is 6.35. The lowest BCUT2D eigenvalue weighted by molar-refractivity contribution is -0.122. The Labute approximate surface area is 113 Å². The lowest BCUT2D eigenvalue weighted by atomic mass is 9.74. The third kappa shape index (κ3) is 2.85. The van der Waals surface area contributed by atoms with E-state index in [9.17, 15) is 4.79 Å². The summed E-state index contributed by atoms with van der Waals surface area (Å²) in [5, 5.41) is 3.44. The van der Waals surface area contributed by atoms with E-state index in [2.05, 4.69) is 5.32 Å². The van der Waals surface area contributed by atoms with Gasteiger partial charge in [0.05, 0.1) is 16.6 Å². The van der Waals surface area contributed by atoms with E-state index in [1.807, 2.05) is 19.1 Å². The molecule has 4 heteroatoms. The molecule has 0 radical (unpaired) electrons. The number of anilines is 1. The molecule has 0 saturated heterocycles. The van der Waals surface area contributed by atoms with E-state index >= 15 is 0 Å². The van der Waals surface area contributed by atoms with Gasteiger partial charge in [-0.1, -0.05) is 36.6 Å². The summed E-state index contributed by atoms with van der Waals surface area (Å²) < 4.78 is 0. The van der Waals surface area contributed by atoms with Crippen molar-refractivity contribution in [3.8, 4) is 0 Å². The molecule has 1 aliphatic carbocycles. The topological polar surface area (TPSA) is 55.1 Å². The highest BCUT2D eigenvalue weighted by Crippen LogP contribution is 2.33. The predicted molar refractivity (Wildman–Crippen MR) is 74.6 cm³/mol. The van der Waals surface area contributed by atoms with Crippen LogP contribution in [0, 0.1) is 5.92 Å². The summed E-state index contributed by atoms with van der Waals surface area (Å²) in [6, 6.07) is 7.26. The number of hydrogen-bond donors (Lipinski definition) is 2. The van der Waals surface area contributed by atoms with Crippen molar-refractivity contribution in [3.63, 3.8) is 0 Å². The molecule has 18 heavy (non-hydrogen) atoms. The van der Waals surface area contributed by atoms with Crippen LogP contribution < -0.4 is 11.1 Å². The van der Waals surface area contributed by atoms with E-state index in [0.717, 1.165) is 25.7 Å². The fraction of sp³-hybridized carbons (Fsp3) is 0.500. The van der Waals surface area contributed by atoms with Crippen LogP contribution in [0.3, 0.4) is 0 Å². The van der Waals surface area contributed by atoms with Crippen LogP contribution in [-0.4, -0.2) is 11.4 Å². The molecule has 2 unspecified atom stereocenters. The van der Waals surface area contributed by atoms with Gasteiger partial charge in [0.1, 0.15) is 0 Å². The van der Waals surface area contributed by atoms with Crippen LogP contribution in [0.15, 0.2) is 24.3 Å². The number of para-hydroxylation sites is 1. The lowest BCUT2D eigenvalue weighted by Gasteiger charge is -2.37. The van der Waals surface area contributed by atoms with Crippen molar-refractivity contribution in [2.45, 2.75) is 38.1 Å². The molecule has 3 nitrogen and oxygen atoms in total. The van der Waals surface area contributed by atoms with Gasteiger partial charge in [0.15, 0.2) is 0 Å². The third-order valence-electron chi connectivity index (χ3n) is 3.70. The number of rotatable bonds is 2. The van der Waals surface area contributed by atoms with Crippen LogP contribution in [0.5, 0.6) is 0 Å². The standard InChI is InChI=1S/C14H19ClN2O/c1-14(16)9-5-4-6-10(14)13(18)17-12-8-3-2-7-11(12)15/h2-3,7-8,10H,4-6,9,16H2,1H3,(H,17,18). The van der Waals surface area contributed by atoms with Crippen molar-refractivity contribution in [2.24, 2.45) is 11.7 Å². The van der Waals surface area contributed by atoms with Crippen LogP contribution in [0.25, 0.3) is 0 Å². The zero-order valence-electron chi connectivity index (χ0n) is 10.6. The Kier molecular flexibility index (Phi) is 3.93. The highest BCUT2D eigenvalue weighted by molar-refractivity contribution is 6.33. The molecule has 0 spiro atoms. The lowest BCUT2D eigenvalue weighted by Crippen LogP contribution is -2.51. The van der Waals surface area contributed by atoms with Gasteiger partial charge in [-0.2, -0.15) is 0 Å². The molecule has 0 bridgehead atoms. The largest absolute Gasteiger partial charge is 0.325 e. The summed E-state index contributed by atoms with van der Waals surface area (Å²) in [7, 11) is 0. The molecule has 0 aromatic heterocycles. The average Bonchev–Trinajstić information content (AvgIpc) is 2.31. The Morgan fingerprint density at radius 1 is 1.44 bits per heavy atom. The molecule has 1 aromatic rings. The van der Waals surface area contributed by atoms with Gasteiger partial charge < -0.3 is 11.1 Å². The Hall–Kier alpha value is -1.06. The van der Waals surface area contributed by atoms with Crippen LogP contribution in [0.4, 0.5) is 5.69 Å². The second-order valence-corrected chi connectivity index (χ2v) is 5.68. The average molecular weight is 267 g/mol. The first-order valence-corrected chi connectivity index (χ1v) is 6.73. The van der Waals surface area contributed by atoms with Gasteiger partial charge in [-0.15, -0.1) is 0 Å². The maximum absolute atomic E-state index is 12.3. The maximum Gasteiger partial charge on any atom is 0.229 e. The second-order valence-electron chi connectivity index (χ2n) is 5.27. The van der Waals surface area contributed by atoms with E-state index in [0.29, 0.717) is 10.7 Å². The van der Waals surface area contributed by atoms with E-state index in [1.54, 1.807) is 12.1 Å². The van der Waals surface area contributed by atoms with Gasteiger partial charge in [-0.25, -0.2) is 0 Å². The second kappa shape index (κ2) is 5.29. The molecule has 1 fully saturated rings. The SMILES string of the molecule is CC1(N)CCCCC1C(=O)Nc1ccccc1Cl. The van der Waals surface area contributed by atoms with E-state index in [-0.39, 0.29) is 11.8 Å². The summed E-state index contributed by atoms with van der Waals surface area (Å²) in [6.45, 7) is 1.96. The molecule has 0 heterocycles. The van der Waals surface area contributed by atoms with E-state index in [4.69, 9.17) is 17.3 Å². The smallest absolute Gasteiger partial charge is 0.229 e. The Balaban J connectivity index is 2.10. The number of hydrogen-bond acceptors (Lipinski definition) is 2. The van der Waals surface area contributed by atoms with Gasteiger partial charge in [0.2, 0.25) is 5.91 Å². The Morgan fingerprint density at radius 2 is 2.17 bits per heavy atom. The molecule has 98 valence electrons. The minimum Gasteiger partial charge on any atom is -0.325 e. The summed E-state index contributed by atoms with van der Waals surface area (Å²) >= 11 is 6.03. The van der Waals surface area contributed by atoms with Crippen LogP contribution in [-0.2, 0) is 4.79 Å². The zero-order valence-corrected chi connectivity index (χ0v) is 11.3. The molecule has 2 atom stereocenters. The first-order chi connectivity index (χ1) is 8.50. The molecule has 1 amide bonds. The molecule has 3 N–H and O–H groups in total. The molecular weight excluding hydrogens is 248 g/mol. The zero-order chi connectivity index (χ0) is 13.2. The molecule has 1 saturated carbocycles. The van der Waals surface area contributed by atoms with Gasteiger partial charge >= 0.3 is 0 Å². The summed E-state index contributed by atoms with van der Waals surface area (Å²) in [5.74, 6) is -0.157. The summed E-state index contributed by atoms with van der Waals surface area (Å²) in [6.07, 6.45) is 3.91. The molecule has 1 aromatic carbocycles. The van der Waals surface area contributed by atoms with Crippen LogP contribution in [0.1, 0.15) is 32.6 Å². The van der Waals surface area contributed by atoms with Crippen molar-refractivity contribution >= 4 is 23.2 Å². The number of amides is 1. The number of nitrogens with two attached hydrogens (primary N) is 1. The van der Waals surface area contributed by atoms with Crippen LogP contribution >= 0.6 is 11.6 Å². The number of benzene rings is 1. The van der Waals surface area contributed by atoms with Gasteiger partial charge in [-0.05, 0) is 31.9 Å². The molecular formula is C14H19ClN2O. The van der Waals surface area contributed by atoms with Crippen molar-refractivity contribution in [2.75, 3.05) is 5.32 Å². The molecule has 1 aliphatic rings. The van der Waals surface area contributed by atoms with Crippen molar-refractivity contribution < 1.29 is 4.79 Å². The normalized spacial score (nSPS) is 27.8. The van der Waals surface area contributed by atoms with Gasteiger partial charge in [0.25, 0.3) is 0 Å². The quantitative estimate of drug-likeness (QED) is 0.864. The monoisotopic (exact) mass is 266 g/mol. The maximum atomic E-state index is 12.3. The van der Waals surface area contributed by atoms with Crippen molar-refractivity contribution in [3.05, 3.63) is 29.3 Å². The van der Waals surface area contributed by atoms with Gasteiger partial charge in [-0.3, -0.25) is 4.79 Å². The van der Waals surface area contributed by atoms with E-state index in [1.165, 1.54) is 0 Å². The number of carbonyl (C=O) groups excluding carboxylic acids is 1. The highest BCUT2D eigenvalue weighted by atomic mass is 35.5. The highest BCUT2D eigenvalue weighted by Gasteiger charge is 2.37. The molecule has 2 rings (SSSR count). The predicted octanol–water partition coefficient (Wildman–Crippen LogP) is 3.19. The fourth-order valence-corrected chi connectivity index (χ4v) is 2.75. The Morgan fingerprint density at radius 3 is 2.83 bits per heavy atom. The third-order valence-corrected chi connectivity index (χ3v) is 4.03. The fourth-order valence-electron chi connectivity index (χ4n) is 2.57. The minimum atomic E-state index is -0.413. The molecule has 0 aliphatic heterocycles. The summed E-state index contributed by atoms with van der Waals surface area (Å²) in [4.78, 5) is 12.3. The number of halogens is 1. The van der Waals surface area contributed by atoms with Gasteiger partial charge in [0, 0.05) is 5.54 Å². The minimum absolute atomic E-state index is 0.0206. The van der Waals surface area contributed by atoms with Crippen molar-refractivity contribution in [1.29, 1.82) is 0 Å².